The highest BCUT2D eigenvalue weighted by Crippen LogP contribution is 2.15. The molecule has 0 amide bonds. The molecule has 0 radical (unpaired) electrons. The summed E-state index contributed by atoms with van der Waals surface area (Å²) in [7, 11) is 0. The van der Waals surface area contributed by atoms with E-state index in [0.29, 0.717) is 16.7 Å². The largest absolute Gasteiger partial charge is 0.288 e. The zero-order valence-corrected chi connectivity index (χ0v) is 10.9. The molecule has 0 bridgehead atoms. The molecule has 2 aromatic carbocycles. The summed E-state index contributed by atoms with van der Waals surface area (Å²) >= 11 is 0. The first-order valence-electron chi connectivity index (χ1n) is 6.09. The monoisotopic (exact) mass is 265 g/mol. The molecule has 98 valence electrons. The second-order valence-corrected chi connectivity index (χ2v) is 4.37. The average Bonchev–Trinajstić information content (AvgIpc) is 2.48. The van der Waals surface area contributed by atoms with Crippen molar-refractivity contribution in [2.75, 3.05) is 0 Å². The first-order valence-corrected chi connectivity index (χ1v) is 6.09. The molecule has 0 spiro atoms. The van der Waals surface area contributed by atoms with Crippen molar-refractivity contribution in [3.63, 3.8) is 0 Å². The van der Waals surface area contributed by atoms with Gasteiger partial charge in [-0.3, -0.25) is 4.79 Å². The first kappa shape index (κ1) is 13.7. The van der Waals surface area contributed by atoms with Crippen LogP contribution in [0.2, 0.25) is 0 Å². The number of ketones is 1. The van der Waals surface area contributed by atoms with E-state index in [4.69, 9.17) is 5.26 Å². The summed E-state index contributed by atoms with van der Waals surface area (Å²) in [6, 6.07) is 15.0. The minimum atomic E-state index is -0.338. The number of hydrogen-bond donors (Lipinski definition) is 0. The van der Waals surface area contributed by atoms with Gasteiger partial charge in [-0.15, -0.1) is 0 Å². The van der Waals surface area contributed by atoms with Crippen molar-refractivity contribution in [3.05, 3.63) is 76.6 Å². The lowest BCUT2D eigenvalue weighted by molar-refractivity contribution is 0.104. The highest BCUT2D eigenvalue weighted by Gasteiger charge is 2.11. The molecular weight excluding hydrogens is 253 g/mol. The van der Waals surface area contributed by atoms with Crippen LogP contribution in [0.5, 0.6) is 0 Å². The fourth-order valence-corrected chi connectivity index (χ4v) is 1.82. The van der Waals surface area contributed by atoms with E-state index in [1.165, 1.54) is 18.2 Å². The normalized spacial score (nSPS) is 10.9. The molecule has 0 N–H and O–H groups in total. The van der Waals surface area contributed by atoms with E-state index in [1.807, 2.05) is 6.07 Å². The first-order chi connectivity index (χ1) is 9.61. The Labute approximate surface area is 116 Å². The number of carbonyl (C=O) groups excluding carboxylic acids is 1. The van der Waals surface area contributed by atoms with E-state index < -0.39 is 0 Å². The Kier molecular flexibility index (Phi) is 4.07. The predicted octanol–water partition coefficient (Wildman–Crippen LogP) is 3.92. The Morgan fingerprint density at radius 3 is 2.50 bits per heavy atom. The van der Waals surface area contributed by atoms with Crippen LogP contribution in [0.1, 0.15) is 21.5 Å². The number of nitrogens with zero attached hydrogens (tertiary/aromatic N) is 1. The minimum absolute atomic E-state index is 0.0298. The molecular formula is C17H12FNO. The number of rotatable bonds is 3. The van der Waals surface area contributed by atoms with Gasteiger partial charge >= 0.3 is 0 Å². The Balaban J connectivity index is 2.37. The molecule has 0 aromatic heterocycles. The quantitative estimate of drug-likeness (QED) is 0.479. The van der Waals surface area contributed by atoms with Gasteiger partial charge in [-0.1, -0.05) is 36.4 Å². The SMILES string of the molecule is Cc1cc(/C=C(/C#N)C(=O)c2ccccc2)ccc1F. The molecule has 2 aromatic rings. The predicted molar refractivity (Wildman–Crippen MR) is 75.5 cm³/mol. The van der Waals surface area contributed by atoms with Crippen molar-refractivity contribution in [3.8, 4) is 6.07 Å². The van der Waals surface area contributed by atoms with Crippen LogP contribution in [0.25, 0.3) is 6.08 Å². The van der Waals surface area contributed by atoms with E-state index in [-0.39, 0.29) is 17.2 Å². The van der Waals surface area contributed by atoms with E-state index in [2.05, 4.69) is 0 Å². The van der Waals surface area contributed by atoms with Crippen molar-refractivity contribution in [2.45, 2.75) is 6.92 Å². The lowest BCUT2D eigenvalue weighted by atomic mass is 10.0. The minimum Gasteiger partial charge on any atom is -0.288 e. The van der Waals surface area contributed by atoms with E-state index >= 15 is 0 Å². The molecule has 2 nitrogen and oxygen atoms in total. The average molecular weight is 265 g/mol. The second kappa shape index (κ2) is 5.94. The summed E-state index contributed by atoms with van der Waals surface area (Å²) in [5.74, 6) is -0.648. The third-order valence-electron chi connectivity index (χ3n) is 2.89. The molecule has 0 aliphatic heterocycles. The van der Waals surface area contributed by atoms with Gasteiger partial charge in [-0.25, -0.2) is 4.39 Å². The topological polar surface area (TPSA) is 40.9 Å². The molecule has 0 fully saturated rings. The Morgan fingerprint density at radius 2 is 1.90 bits per heavy atom. The van der Waals surface area contributed by atoms with Crippen LogP contribution in [-0.4, -0.2) is 5.78 Å². The lowest BCUT2D eigenvalue weighted by Gasteiger charge is -2.01. The molecule has 0 aliphatic rings. The zero-order chi connectivity index (χ0) is 14.5. The Morgan fingerprint density at radius 1 is 1.20 bits per heavy atom. The third-order valence-corrected chi connectivity index (χ3v) is 2.89. The fourth-order valence-electron chi connectivity index (χ4n) is 1.82. The standard InChI is InChI=1S/C17H12FNO/c1-12-9-13(7-8-16(12)18)10-15(11-19)17(20)14-5-3-2-4-6-14/h2-10H,1H3/b15-10-. The summed E-state index contributed by atoms with van der Waals surface area (Å²) < 4.78 is 13.2. The maximum atomic E-state index is 13.2. The molecule has 20 heavy (non-hydrogen) atoms. The van der Waals surface area contributed by atoms with Gasteiger partial charge in [0.25, 0.3) is 0 Å². The van der Waals surface area contributed by atoms with E-state index in [0.717, 1.165) is 0 Å². The fraction of sp³-hybridized carbons (Fsp3) is 0.0588. The van der Waals surface area contributed by atoms with Gasteiger partial charge in [0, 0.05) is 5.56 Å². The van der Waals surface area contributed by atoms with Crippen molar-refractivity contribution in [1.29, 1.82) is 5.26 Å². The molecule has 0 heterocycles. The Hall–Kier alpha value is -2.73. The highest BCUT2D eigenvalue weighted by atomic mass is 19.1. The number of Topliss-reactive ketones (excluding diaryl/α,β-unsaturated/α-hetero) is 1. The number of halogens is 1. The number of allylic oxidation sites excluding steroid dienone is 1. The lowest BCUT2D eigenvalue weighted by Crippen LogP contribution is -2.01. The van der Waals surface area contributed by atoms with Gasteiger partial charge in [0.1, 0.15) is 17.5 Å². The zero-order valence-electron chi connectivity index (χ0n) is 10.9. The Bertz CT molecular complexity index is 712. The molecule has 0 aliphatic carbocycles. The summed E-state index contributed by atoms with van der Waals surface area (Å²) in [4.78, 5) is 12.2. The van der Waals surface area contributed by atoms with Gasteiger partial charge in [-0.05, 0) is 36.3 Å². The molecule has 0 saturated heterocycles. The number of carbonyl (C=O) groups is 1. The maximum absolute atomic E-state index is 13.2. The maximum Gasteiger partial charge on any atom is 0.203 e. The molecule has 0 saturated carbocycles. The number of aryl methyl sites for hydroxylation is 1. The van der Waals surface area contributed by atoms with Crippen LogP contribution in [0.15, 0.2) is 54.1 Å². The molecule has 2 rings (SSSR count). The highest BCUT2D eigenvalue weighted by molar-refractivity contribution is 6.14. The van der Waals surface area contributed by atoms with Crippen molar-refractivity contribution >= 4 is 11.9 Å². The number of nitriles is 1. The molecule has 0 unspecified atom stereocenters. The van der Waals surface area contributed by atoms with Gasteiger partial charge in [-0.2, -0.15) is 5.26 Å². The summed E-state index contributed by atoms with van der Waals surface area (Å²) in [5.41, 5.74) is 1.59. The summed E-state index contributed by atoms with van der Waals surface area (Å²) in [5, 5.41) is 9.13. The van der Waals surface area contributed by atoms with Crippen LogP contribution in [-0.2, 0) is 0 Å². The van der Waals surface area contributed by atoms with Gasteiger partial charge in [0.05, 0.1) is 0 Å². The van der Waals surface area contributed by atoms with Crippen molar-refractivity contribution in [1.82, 2.24) is 0 Å². The van der Waals surface area contributed by atoms with E-state index in [9.17, 15) is 9.18 Å². The smallest absolute Gasteiger partial charge is 0.203 e. The van der Waals surface area contributed by atoms with Crippen LogP contribution in [0, 0.1) is 24.1 Å². The molecule has 3 heteroatoms. The third kappa shape index (κ3) is 2.99. The van der Waals surface area contributed by atoms with Crippen LogP contribution < -0.4 is 0 Å². The summed E-state index contributed by atoms with van der Waals surface area (Å²) in [6.07, 6.45) is 1.47. The van der Waals surface area contributed by atoms with Crippen LogP contribution in [0.4, 0.5) is 4.39 Å². The second-order valence-electron chi connectivity index (χ2n) is 4.37. The number of benzene rings is 2. The summed E-state index contributed by atoms with van der Waals surface area (Å²) in [6.45, 7) is 1.64. The van der Waals surface area contributed by atoms with Crippen LogP contribution in [0.3, 0.4) is 0 Å². The van der Waals surface area contributed by atoms with E-state index in [1.54, 1.807) is 43.3 Å². The van der Waals surface area contributed by atoms with Gasteiger partial charge < -0.3 is 0 Å². The van der Waals surface area contributed by atoms with Crippen LogP contribution >= 0.6 is 0 Å². The van der Waals surface area contributed by atoms with Gasteiger partial charge in [0.2, 0.25) is 5.78 Å². The van der Waals surface area contributed by atoms with Crippen molar-refractivity contribution in [2.24, 2.45) is 0 Å². The van der Waals surface area contributed by atoms with Crippen molar-refractivity contribution < 1.29 is 9.18 Å². The van der Waals surface area contributed by atoms with Gasteiger partial charge in [0.15, 0.2) is 0 Å². The molecule has 0 atom stereocenters. The number of hydrogen-bond acceptors (Lipinski definition) is 2.